The topological polar surface area (TPSA) is 61.8 Å². The third-order valence-corrected chi connectivity index (χ3v) is 4.58. The second kappa shape index (κ2) is 9.64. The smallest absolute Gasteiger partial charge is 0.253 e. The van der Waals surface area contributed by atoms with Gasteiger partial charge in [0.15, 0.2) is 0 Å². The monoisotopic (exact) mass is 334 g/mol. The lowest BCUT2D eigenvalue weighted by Gasteiger charge is -2.26. The molecule has 0 spiro atoms. The zero-order valence-corrected chi connectivity index (χ0v) is 14.8. The standard InChI is InChI=1S/C19H30N2O3/c1-3-18(24-17-7-5-4-6-8-17)19(23)20-15-9-11-16(12-10-15)21(2)13-14-22/h9-12,17-18,22H,3-8,13-14H2,1-2H3,(H,20,23). The third kappa shape index (κ3) is 5.49. The molecule has 1 saturated carbocycles. The fraction of sp³-hybridized carbons (Fsp3) is 0.632. The van der Waals surface area contributed by atoms with Crippen LogP contribution in [0.25, 0.3) is 0 Å². The van der Waals surface area contributed by atoms with Gasteiger partial charge in [0.1, 0.15) is 6.10 Å². The Morgan fingerprint density at radius 2 is 1.96 bits per heavy atom. The summed E-state index contributed by atoms with van der Waals surface area (Å²) >= 11 is 0. The Morgan fingerprint density at radius 1 is 1.29 bits per heavy atom. The molecule has 1 amide bonds. The van der Waals surface area contributed by atoms with Gasteiger partial charge >= 0.3 is 0 Å². The van der Waals surface area contributed by atoms with Gasteiger partial charge in [-0.25, -0.2) is 0 Å². The third-order valence-electron chi connectivity index (χ3n) is 4.58. The Morgan fingerprint density at radius 3 is 2.54 bits per heavy atom. The first kappa shape index (κ1) is 18.7. The predicted molar refractivity (Wildman–Crippen MR) is 97.5 cm³/mol. The minimum Gasteiger partial charge on any atom is -0.395 e. The van der Waals surface area contributed by atoms with Gasteiger partial charge in [-0.3, -0.25) is 4.79 Å². The van der Waals surface area contributed by atoms with E-state index < -0.39 is 0 Å². The fourth-order valence-electron chi connectivity index (χ4n) is 3.08. The summed E-state index contributed by atoms with van der Waals surface area (Å²) in [5.74, 6) is -0.0699. The minimum atomic E-state index is -0.384. The van der Waals surface area contributed by atoms with E-state index in [0.29, 0.717) is 13.0 Å². The number of aliphatic hydroxyl groups is 1. The molecule has 2 rings (SSSR count). The number of anilines is 2. The zero-order chi connectivity index (χ0) is 17.4. The number of rotatable bonds is 8. The van der Waals surface area contributed by atoms with Crippen LogP contribution in [0.3, 0.4) is 0 Å². The highest BCUT2D eigenvalue weighted by atomic mass is 16.5. The summed E-state index contributed by atoms with van der Waals surface area (Å²) in [5, 5.41) is 11.9. The van der Waals surface area contributed by atoms with E-state index in [9.17, 15) is 4.79 Å². The molecule has 1 atom stereocenters. The average Bonchev–Trinajstić information content (AvgIpc) is 2.61. The molecule has 1 aromatic carbocycles. The van der Waals surface area contributed by atoms with Crippen molar-refractivity contribution in [2.75, 3.05) is 30.4 Å². The molecule has 1 unspecified atom stereocenters. The number of aliphatic hydroxyl groups excluding tert-OH is 1. The van der Waals surface area contributed by atoms with Crippen molar-refractivity contribution in [1.82, 2.24) is 0 Å². The maximum absolute atomic E-state index is 12.5. The van der Waals surface area contributed by atoms with Gasteiger partial charge in [0.2, 0.25) is 0 Å². The van der Waals surface area contributed by atoms with Gasteiger partial charge in [-0.2, -0.15) is 0 Å². The summed E-state index contributed by atoms with van der Waals surface area (Å²) in [7, 11) is 1.93. The van der Waals surface area contributed by atoms with Gasteiger partial charge in [0, 0.05) is 25.0 Å². The van der Waals surface area contributed by atoms with Gasteiger partial charge in [-0.15, -0.1) is 0 Å². The normalized spacial score (nSPS) is 16.6. The minimum absolute atomic E-state index is 0.0699. The van der Waals surface area contributed by atoms with Crippen molar-refractivity contribution in [2.24, 2.45) is 0 Å². The first-order valence-corrected chi connectivity index (χ1v) is 9.02. The Kier molecular flexibility index (Phi) is 7.53. The number of ether oxygens (including phenoxy) is 1. The summed E-state index contributed by atoms with van der Waals surface area (Å²) in [6, 6.07) is 7.64. The Balaban J connectivity index is 1.89. The second-order valence-corrected chi connectivity index (χ2v) is 6.47. The lowest BCUT2D eigenvalue weighted by atomic mass is 9.97. The molecule has 0 aliphatic heterocycles. The molecule has 1 aliphatic rings. The molecule has 5 nitrogen and oxygen atoms in total. The Bertz CT molecular complexity index is 498. The lowest BCUT2D eigenvalue weighted by molar-refractivity contribution is -0.132. The maximum Gasteiger partial charge on any atom is 0.253 e. The SMILES string of the molecule is CCC(OC1CCCCC1)C(=O)Nc1ccc(N(C)CCO)cc1. The largest absolute Gasteiger partial charge is 0.395 e. The molecule has 5 heteroatoms. The molecular formula is C19H30N2O3. The molecule has 1 fully saturated rings. The van der Waals surface area contributed by atoms with Crippen molar-refractivity contribution in [3.63, 3.8) is 0 Å². The molecule has 0 heterocycles. The van der Waals surface area contributed by atoms with Crippen LogP contribution in [-0.4, -0.2) is 43.4 Å². The number of nitrogens with zero attached hydrogens (tertiary/aromatic N) is 1. The molecule has 24 heavy (non-hydrogen) atoms. The predicted octanol–water partition coefficient (Wildman–Crippen LogP) is 3.18. The Labute approximate surface area is 145 Å². The van der Waals surface area contributed by atoms with E-state index in [1.165, 1.54) is 19.3 Å². The van der Waals surface area contributed by atoms with E-state index in [-0.39, 0.29) is 24.7 Å². The van der Waals surface area contributed by atoms with Crippen molar-refractivity contribution >= 4 is 17.3 Å². The number of likely N-dealkylation sites (N-methyl/N-ethyl adjacent to an activating group) is 1. The number of amides is 1. The van der Waals surface area contributed by atoms with E-state index >= 15 is 0 Å². The summed E-state index contributed by atoms with van der Waals surface area (Å²) in [6.07, 6.45) is 6.33. The number of benzene rings is 1. The molecule has 1 aromatic rings. The molecule has 0 saturated heterocycles. The van der Waals surface area contributed by atoms with Crippen LogP contribution in [0.4, 0.5) is 11.4 Å². The van der Waals surface area contributed by atoms with Crippen LogP contribution in [0.15, 0.2) is 24.3 Å². The Hall–Kier alpha value is -1.59. The van der Waals surface area contributed by atoms with Gasteiger partial charge in [-0.1, -0.05) is 26.2 Å². The van der Waals surface area contributed by atoms with Crippen molar-refractivity contribution in [3.05, 3.63) is 24.3 Å². The van der Waals surface area contributed by atoms with Gasteiger partial charge in [0.25, 0.3) is 5.91 Å². The van der Waals surface area contributed by atoms with Gasteiger partial charge in [-0.05, 0) is 43.5 Å². The van der Waals surface area contributed by atoms with Crippen LogP contribution in [0.1, 0.15) is 45.4 Å². The summed E-state index contributed by atoms with van der Waals surface area (Å²) < 4.78 is 6.02. The van der Waals surface area contributed by atoms with E-state index in [1.807, 2.05) is 43.1 Å². The van der Waals surface area contributed by atoms with Crippen molar-refractivity contribution < 1.29 is 14.6 Å². The zero-order valence-electron chi connectivity index (χ0n) is 14.8. The number of nitrogens with one attached hydrogen (secondary N) is 1. The molecule has 0 radical (unpaired) electrons. The maximum atomic E-state index is 12.5. The molecule has 0 bridgehead atoms. The van der Waals surface area contributed by atoms with Crippen LogP contribution < -0.4 is 10.2 Å². The number of hydrogen-bond acceptors (Lipinski definition) is 4. The number of carbonyl (C=O) groups is 1. The quantitative estimate of drug-likeness (QED) is 0.766. The number of carbonyl (C=O) groups excluding carboxylic acids is 1. The number of hydrogen-bond donors (Lipinski definition) is 2. The first-order valence-electron chi connectivity index (χ1n) is 9.02. The van der Waals surface area contributed by atoms with E-state index in [0.717, 1.165) is 24.2 Å². The highest BCUT2D eigenvalue weighted by Crippen LogP contribution is 2.23. The average molecular weight is 334 g/mol. The summed E-state index contributed by atoms with van der Waals surface area (Å²) in [4.78, 5) is 14.4. The molecule has 1 aliphatic carbocycles. The van der Waals surface area contributed by atoms with Crippen LogP contribution in [-0.2, 0) is 9.53 Å². The highest BCUT2D eigenvalue weighted by molar-refractivity contribution is 5.94. The molecule has 2 N–H and O–H groups in total. The van der Waals surface area contributed by atoms with E-state index in [2.05, 4.69) is 5.32 Å². The fourth-order valence-corrected chi connectivity index (χ4v) is 3.08. The van der Waals surface area contributed by atoms with Gasteiger partial charge < -0.3 is 20.1 Å². The highest BCUT2D eigenvalue weighted by Gasteiger charge is 2.23. The summed E-state index contributed by atoms with van der Waals surface area (Å²) in [6.45, 7) is 2.69. The van der Waals surface area contributed by atoms with Crippen molar-refractivity contribution in [3.8, 4) is 0 Å². The molecule has 0 aromatic heterocycles. The van der Waals surface area contributed by atoms with Crippen molar-refractivity contribution in [1.29, 1.82) is 0 Å². The summed E-state index contributed by atoms with van der Waals surface area (Å²) in [5.41, 5.74) is 1.78. The van der Waals surface area contributed by atoms with E-state index in [1.54, 1.807) is 0 Å². The molecule has 134 valence electrons. The molecular weight excluding hydrogens is 304 g/mol. The van der Waals surface area contributed by atoms with Crippen LogP contribution in [0.2, 0.25) is 0 Å². The van der Waals surface area contributed by atoms with Crippen LogP contribution in [0, 0.1) is 0 Å². The van der Waals surface area contributed by atoms with Crippen LogP contribution in [0.5, 0.6) is 0 Å². The van der Waals surface area contributed by atoms with Gasteiger partial charge in [0.05, 0.1) is 12.7 Å². The second-order valence-electron chi connectivity index (χ2n) is 6.47. The van der Waals surface area contributed by atoms with Crippen molar-refractivity contribution in [2.45, 2.75) is 57.7 Å². The van der Waals surface area contributed by atoms with Crippen LogP contribution >= 0.6 is 0 Å². The first-order chi connectivity index (χ1) is 11.6. The lowest BCUT2D eigenvalue weighted by Crippen LogP contribution is -2.34. The van der Waals surface area contributed by atoms with E-state index in [4.69, 9.17) is 9.84 Å².